The lowest BCUT2D eigenvalue weighted by atomic mass is 10.1. The predicted molar refractivity (Wildman–Crippen MR) is 36.3 cm³/mol. The lowest BCUT2D eigenvalue weighted by Gasteiger charge is -2.06. The van der Waals surface area contributed by atoms with Gasteiger partial charge in [-0.2, -0.15) is 13.2 Å². The normalized spacial score (nSPS) is 11.7. The number of rotatable bonds is 0. The van der Waals surface area contributed by atoms with Gasteiger partial charge in [-0.05, 0) is 30.7 Å². The van der Waals surface area contributed by atoms with E-state index in [1.54, 1.807) is 0 Å². The first kappa shape index (κ1) is 8.90. The van der Waals surface area contributed by atoms with Crippen molar-refractivity contribution >= 4 is 0 Å². The van der Waals surface area contributed by atoms with Crippen LogP contribution in [0.5, 0.6) is 5.75 Å². The summed E-state index contributed by atoms with van der Waals surface area (Å²) < 4.78 is 36.0. The summed E-state index contributed by atoms with van der Waals surface area (Å²) in [6.07, 6.45) is -4.36. The van der Waals surface area contributed by atoms with E-state index < -0.39 is 11.7 Å². The molecule has 1 aromatic carbocycles. The Labute approximate surface area is 67.5 Å². The molecular weight excluding hydrogens is 169 g/mol. The van der Waals surface area contributed by atoms with Gasteiger partial charge in [0.05, 0.1) is 5.56 Å². The number of alkyl halides is 3. The summed E-state index contributed by atoms with van der Waals surface area (Å²) in [5.74, 6) is -0.372. The van der Waals surface area contributed by atoms with Crippen LogP contribution in [0.4, 0.5) is 13.2 Å². The third-order valence-electron chi connectivity index (χ3n) is 1.50. The topological polar surface area (TPSA) is 19.9 Å². The molecule has 12 heavy (non-hydrogen) atoms. The van der Waals surface area contributed by atoms with Gasteiger partial charge < -0.3 is 0 Å². The number of halogens is 3. The monoisotopic (exact) mass is 175 g/mol. The lowest BCUT2D eigenvalue weighted by molar-refractivity contribution is -0.137. The molecule has 0 saturated heterocycles. The van der Waals surface area contributed by atoms with Gasteiger partial charge >= 0.3 is 6.18 Å². The van der Waals surface area contributed by atoms with Crippen molar-refractivity contribution in [2.75, 3.05) is 0 Å². The molecule has 1 radical (unpaired) electrons. The molecule has 0 heterocycles. The van der Waals surface area contributed by atoms with Crippen LogP contribution in [0.3, 0.4) is 0 Å². The Hall–Kier alpha value is -1.19. The van der Waals surface area contributed by atoms with Gasteiger partial charge in [0.2, 0.25) is 0 Å². The molecule has 1 nitrogen and oxygen atoms in total. The van der Waals surface area contributed by atoms with Gasteiger partial charge in [0, 0.05) is 0 Å². The van der Waals surface area contributed by atoms with Crippen LogP contribution in [0.1, 0.15) is 11.1 Å². The fourth-order valence-corrected chi connectivity index (χ4v) is 0.826. The van der Waals surface area contributed by atoms with Crippen LogP contribution >= 0.6 is 0 Å². The van der Waals surface area contributed by atoms with Crippen LogP contribution in [0.25, 0.3) is 0 Å². The van der Waals surface area contributed by atoms with E-state index in [1.807, 2.05) is 0 Å². The van der Waals surface area contributed by atoms with Gasteiger partial charge in [-0.25, -0.2) is 0 Å². The molecule has 1 rings (SSSR count). The Bertz CT molecular complexity index is 291. The maximum absolute atomic E-state index is 12.0. The van der Waals surface area contributed by atoms with E-state index in [2.05, 4.69) is 0 Å². The highest BCUT2D eigenvalue weighted by molar-refractivity contribution is 5.35. The molecule has 0 aromatic heterocycles. The number of aryl methyl sites for hydroxylation is 1. The molecule has 65 valence electrons. The van der Waals surface area contributed by atoms with Crippen LogP contribution in [-0.4, -0.2) is 0 Å². The summed E-state index contributed by atoms with van der Waals surface area (Å²) in [6, 6.07) is 2.57. The molecule has 0 fully saturated rings. The highest BCUT2D eigenvalue weighted by Crippen LogP contribution is 2.31. The first-order chi connectivity index (χ1) is 5.41. The second kappa shape index (κ2) is 2.69. The smallest absolute Gasteiger partial charge is 0.290 e. The van der Waals surface area contributed by atoms with Crippen molar-refractivity contribution in [3.8, 4) is 5.75 Å². The number of hydrogen-bond donors (Lipinski definition) is 0. The average Bonchev–Trinajstić information content (AvgIpc) is 1.92. The van der Waals surface area contributed by atoms with Crippen molar-refractivity contribution in [3.63, 3.8) is 0 Å². The summed E-state index contributed by atoms with van der Waals surface area (Å²) in [5.41, 5.74) is -0.663. The van der Waals surface area contributed by atoms with Crippen molar-refractivity contribution < 1.29 is 18.3 Å². The van der Waals surface area contributed by atoms with E-state index >= 15 is 0 Å². The van der Waals surface area contributed by atoms with Crippen molar-refractivity contribution in [3.05, 3.63) is 29.3 Å². The fourth-order valence-electron chi connectivity index (χ4n) is 0.826. The first-order valence-electron chi connectivity index (χ1n) is 3.26. The molecule has 0 amide bonds. The molecule has 0 aliphatic heterocycles. The third kappa shape index (κ3) is 1.69. The van der Waals surface area contributed by atoms with Gasteiger partial charge in [-0.3, -0.25) is 5.11 Å². The second-order valence-electron chi connectivity index (χ2n) is 2.48. The Kier molecular flexibility index (Phi) is 2.00. The largest absolute Gasteiger partial charge is 0.416 e. The van der Waals surface area contributed by atoms with Crippen LogP contribution in [0.15, 0.2) is 18.2 Å². The van der Waals surface area contributed by atoms with Crippen molar-refractivity contribution in [2.24, 2.45) is 0 Å². The predicted octanol–water partition coefficient (Wildman–Crippen LogP) is 3.16. The molecule has 0 aliphatic rings. The standard InChI is InChI=1S/C8H6F3O/c1-5-4-6(8(9,10)11)2-3-7(5)12/h2-4H,1H3. The van der Waals surface area contributed by atoms with E-state index in [0.717, 1.165) is 18.2 Å². The summed E-state index contributed by atoms with van der Waals surface area (Å²) in [6.45, 7) is 1.36. The molecule has 0 saturated carbocycles. The summed E-state index contributed by atoms with van der Waals surface area (Å²) in [7, 11) is 0. The van der Waals surface area contributed by atoms with Gasteiger partial charge in [0.15, 0.2) is 5.75 Å². The Morgan fingerprint density at radius 1 is 1.25 bits per heavy atom. The third-order valence-corrected chi connectivity index (χ3v) is 1.50. The summed E-state index contributed by atoms with van der Waals surface area (Å²) in [5, 5.41) is 10.7. The highest BCUT2D eigenvalue weighted by Gasteiger charge is 2.30. The quantitative estimate of drug-likeness (QED) is 0.577. The van der Waals surface area contributed by atoms with Crippen LogP contribution in [0.2, 0.25) is 0 Å². The summed E-state index contributed by atoms with van der Waals surface area (Å²) in [4.78, 5) is 0. The first-order valence-corrected chi connectivity index (χ1v) is 3.26. The van der Waals surface area contributed by atoms with E-state index in [9.17, 15) is 18.3 Å². The zero-order valence-electron chi connectivity index (χ0n) is 6.27. The maximum Gasteiger partial charge on any atom is 0.416 e. The lowest BCUT2D eigenvalue weighted by Crippen LogP contribution is -2.04. The van der Waals surface area contributed by atoms with Crippen LogP contribution < -0.4 is 0 Å². The van der Waals surface area contributed by atoms with Crippen molar-refractivity contribution in [1.82, 2.24) is 0 Å². The van der Waals surface area contributed by atoms with E-state index in [1.165, 1.54) is 6.92 Å². The number of hydrogen-bond acceptors (Lipinski definition) is 0. The van der Waals surface area contributed by atoms with Gasteiger partial charge in [0.1, 0.15) is 0 Å². The van der Waals surface area contributed by atoms with Crippen LogP contribution in [0, 0.1) is 6.92 Å². The molecule has 0 aliphatic carbocycles. The van der Waals surface area contributed by atoms with E-state index in [0.29, 0.717) is 0 Å². The van der Waals surface area contributed by atoms with Crippen molar-refractivity contribution in [1.29, 1.82) is 0 Å². The SMILES string of the molecule is Cc1cc(C(F)(F)F)ccc1[O]. The molecular formula is C8H6F3O. The second-order valence-corrected chi connectivity index (χ2v) is 2.48. The highest BCUT2D eigenvalue weighted by atomic mass is 19.4. The van der Waals surface area contributed by atoms with E-state index in [-0.39, 0.29) is 11.3 Å². The number of benzene rings is 1. The minimum absolute atomic E-state index is 0.116. The molecule has 0 bridgehead atoms. The summed E-state index contributed by atoms with van der Waals surface area (Å²) >= 11 is 0. The minimum atomic E-state index is -4.36. The molecule has 0 N–H and O–H groups in total. The zero-order chi connectivity index (χ0) is 9.35. The average molecular weight is 175 g/mol. The van der Waals surface area contributed by atoms with Gasteiger partial charge in [-0.1, -0.05) is 0 Å². The maximum atomic E-state index is 12.0. The Morgan fingerprint density at radius 2 is 1.83 bits per heavy atom. The molecule has 4 heteroatoms. The fraction of sp³-hybridized carbons (Fsp3) is 0.250. The minimum Gasteiger partial charge on any atom is -0.290 e. The van der Waals surface area contributed by atoms with Crippen LogP contribution in [-0.2, 0) is 11.3 Å². The zero-order valence-corrected chi connectivity index (χ0v) is 6.27. The molecule has 1 aromatic rings. The molecule has 0 unspecified atom stereocenters. The molecule has 0 spiro atoms. The van der Waals surface area contributed by atoms with Gasteiger partial charge in [0.25, 0.3) is 0 Å². The Morgan fingerprint density at radius 3 is 2.25 bits per heavy atom. The van der Waals surface area contributed by atoms with E-state index in [4.69, 9.17) is 0 Å². The molecule has 0 atom stereocenters. The Balaban J connectivity index is 3.14. The van der Waals surface area contributed by atoms with Crippen molar-refractivity contribution in [2.45, 2.75) is 13.1 Å². The van der Waals surface area contributed by atoms with Gasteiger partial charge in [-0.15, -0.1) is 0 Å².